The van der Waals surface area contributed by atoms with Crippen LogP contribution in [0.2, 0.25) is 0 Å². The molecule has 114 valence electrons. The number of nitrogens with zero attached hydrogens (tertiary/aromatic N) is 1. The Morgan fingerprint density at radius 1 is 1.00 bits per heavy atom. The van der Waals surface area contributed by atoms with Crippen LogP contribution >= 0.6 is 0 Å². The van der Waals surface area contributed by atoms with E-state index < -0.39 is 0 Å². The predicted molar refractivity (Wildman–Crippen MR) is 81.5 cm³/mol. The number of aryl methyl sites for hydroxylation is 1. The fourth-order valence-corrected chi connectivity index (χ4v) is 2.63. The summed E-state index contributed by atoms with van der Waals surface area (Å²) in [5, 5.41) is 0. The van der Waals surface area contributed by atoms with Gasteiger partial charge in [0.05, 0.1) is 11.1 Å². The van der Waals surface area contributed by atoms with E-state index in [0.29, 0.717) is 17.7 Å². The van der Waals surface area contributed by atoms with E-state index in [1.165, 1.54) is 4.90 Å². The molecule has 1 aliphatic rings. The Hall–Kier alpha value is -1.68. The lowest BCUT2D eigenvalue weighted by Gasteiger charge is -2.13. The molecule has 0 aliphatic carbocycles. The number of methoxy groups -OCH3 is 1. The normalized spacial score (nSPS) is 13.9. The third kappa shape index (κ3) is 3.50. The van der Waals surface area contributed by atoms with Crippen molar-refractivity contribution < 1.29 is 14.3 Å². The maximum absolute atomic E-state index is 12.3. The first-order chi connectivity index (χ1) is 10.2. The van der Waals surface area contributed by atoms with E-state index in [9.17, 15) is 9.59 Å². The van der Waals surface area contributed by atoms with Crippen LogP contribution in [0, 0.1) is 0 Å². The highest BCUT2D eigenvalue weighted by molar-refractivity contribution is 6.21. The van der Waals surface area contributed by atoms with Crippen LogP contribution in [0.5, 0.6) is 0 Å². The number of hydrogen-bond donors (Lipinski definition) is 0. The summed E-state index contributed by atoms with van der Waals surface area (Å²) in [7, 11) is 1.70. The van der Waals surface area contributed by atoms with Gasteiger partial charge in [0.2, 0.25) is 0 Å². The topological polar surface area (TPSA) is 46.6 Å². The summed E-state index contributed by atoms with van der Waals surface area (Å²) in [5.74, 6) is -0.281. The monoisotopic (exact) mass is 289 g/mol. The number of benzene rings is 1. The van der Waals surface area contributed by atoms with E-state index in [4.69, 9.17) is 4.74 Å². The van der Waals surface area contributed by atoms with Crippen molar-refractivity contribution in [2.75, 3.05) is 20.3 Å². The van der Waals surface area contributed by atoms with Crippen molar-refractivity contribution in [3.05, 3.63) is 34.9 Å². The van der Waals surface area contributed by atoms with E-state index in [1.807, 2.05) is 19.1 Å². The van der Waals surface area contributed by atoms with Crippen LogP contribution in [0.25, 0.3) is 0 Å². The Bertz CT molecular complexity index is 525. The first kappa shape index (κ1) is 15.7. The molecule has 1 heterocycles. The molecule has 1 aromatic carbocycles. The van der Waals surface area contributed by atoms with Crippen LogP contribution in [0.4, 0.5) is 0 Å². The predicted octanol–water partition coefficient (Wildman–Crippen LogP) is 3.05. The number of amides is 2. The van der Waals surface area contributed by atoms with E-state index in [2.05, 4.69) is 0 Å². The highest BCUT2D eigenvalue weighted by Gasteiger charge is 2.34. The summed E-state index contributed by atoms with van der Waals surface area (Å²) in [4.78, 5) is 26.0. The first-order valence-electron chi connectivity index (χ1n) is 7.67. The van der Waals surface area contributed by atoms with Crippen molar-refractivity contribution in [3.8, 4) is 0 Å². The summed E-state index contributed by atoms with van der Waals surface area (Å²) in [6.45, 7) is 3.33. The van der Waals surface area contributed by atoms with Crippen molar-refractivity contribution in [3.63, 3.8) is 0 Å². The molecule has 0 saturated heterocycles. The molecule has 0 atom stereocenters. The highest BCUT2D eigenvalue weighted by Crippen LogP contribution is 2.24. The lowest BCUT2D eigenvalue weighted by atomic mass is 10.0. The lowest BCUT2D eigenvalue weighted by Crippen LogP contribution is -2.30. The van der Waals surface area contributed by atoms with Gasteiger partial charge in [0.15, 0.2) is 0 Å². The number of fused-ring (bicyclic) bond motifs is 1. The molecule has 0 fully saturated rings. The minimum Gasteiger partial charge on any atom is -0.385 e. The van der Waals surface area contributed by atoms with Crippen LogP contribution in [0.1, 0.15) is 58.9 Å². The zero-order chi connectivity index (χ0) is 15.2. The molecule has 0 saturated carbocycles. The zero-order valence-corrected chi connectivity index (χ0v) is 12.9. The smallest absolute Gasteiger partial charge is 0.261 e. The van der Waals surface area contributed by atoms with Crippen LogP contribution in [-0.2, 0) is 11.2 Å². The molecular weight excluding hydrogens is 266 g/mol. The fraction of sp³-hybridized carbons (Fsp3) is 0.529. The maximum atomic E-state index is 12.3. The van der Waals surface area contributed by atoms with Crippen molar-refractivity contribution in [1.82, 2.24) is 4.90 Å². The van der Waals surface area contributed by atoms with Gasteiger partial charge in [-0.25, -0.2) is 0 Å². The van der Waals surface area contributed by atoms with Crippen molar-refractivity contribution in [1.29, 1.82) is 0 Å². The number of carbonyl (C=O) groups is 2. The standard InChI is InChI=1S/C17H23NO3/c1-3-13-8-9-14-15(12-13)17(20)18(16(14)19)10-6-4-5-7-11-21-2/h8-9,12H,3-7,10-11H2,1-2H3. The van der Waals surface area contributed by atoms with Crippen molar-refractivity contribution in [2.24, 2.45) is 0 Å². The molecule has 4 nitrogen and oxygen atoms in total. The molecule has 1 aliphatic heterocycles. The van der Waals surface area contributed by atoms with E-state index in [1.54, 1.807) is 13.2 Å². The molecule has 0 spiro atoms. The first-order valence-corrected chi connectivity index (χ1v) is 7.67. The Morgan fingerprint density at radius 3 is 2.43 bits per heavy atom. The average Bonchev–Trinajstić information content (AvgIpc) is 2.74. The second-order valence-electron chi connectivity index (χ2n) is 5.40. The van der Waals surface area contributed by atoms with Gasteiger partial charge in [-0.2, -0.15) is 0 Å². The SMILES string of the molecule is CCc1ccc2c(c1)C(=O)N(CCCCCCOC)C2=O. The van der Waals surface area contributed by atoms with Gasteiger partial charge in [0, 0.05) is 20.3 Å². The number of unbranched alkanes of at least 4 members (excludes halogenated alkanes) is 3. The van der Waals surface area contributed by atoms with Crippen LogP contribution in [0.3, 0.4) is 0 Å². The van der Waals surface area contributed by atoms with E-state index >= 15 is 0 Å². The summed E-state index contributed by atoms with van der Waals surface area (Å²) >= 11 is 0. The summed E-state index contributed by atoms with van der Waals surface area (Å²) < 4.78 is 5.00. The molecule has 2 amide bonds. The van der Waals surface area contributed by atoms with Gasteiger partial charge in [-0.3, -0.25) is 14.5 Å². The lowest BCUT2D eigenvalue weighted by molar-refractivity contribution is 0.0651. The Kier molecular flexibility index (Phi) is 5.51. The third-order valence-electron chi connectivity index (χ3n) is 3.92. The minimum absolute atomic E-state index is 0.137. The molecule has 21 heavy (non-hydrogen) atoms. The Balaban J connectivity index is 1.92. The maximum Gasteiger partial charge on any atom is 0.261 e. The zero-order valence-electron chi connectivity index (χ0n) is 12.9. The quantitative estimate of drug-likeness (QED) is 0.546. The third-order valence-corrected chi connectivity index (χ3v) is 3.92. The molecule has 2 rings (SSSR count). The van der Waals surface area contributed by atoms with E-state index in [-0.39, 0.29) is 11.8 Å². The second kappa shape index (κ2) is 7.36. The van der Waals surface area contributed by atoms with Gasteiger partial charge in [0.1, 0.15) is 0 Å². The summed E-state index contributed by atoms with van der Waals surface area (Å²) in [5.41, 5.74) is 2.21. The average molecular weight is 289 g/mol. The van der Waals surface area contributed by atoms with Gasteiger partial charge in [-0.1, -0.05) is 25.8 Å². The molecule has 0 N–H and O–H groups in total. The molecule has 1 aromatic rings. The molecule has 4 heteroatoms. The van der Waals surface area contributed by atoms with Gasteiger partial charge in [0.25, 0.3) is 11.8 Å². The highest BCUT2D eigenvalue weighted by atomic mass is 16.5. The summed E-state index contributed by atoms with van der Waals surface area (Å²) in [6, 6.07) is 5.57. The second-order valence-corrected chi connectivity index (χ2v) is 5.40. The summed E-state index contributed by atoms with van der Waals surface area (Å²) in [6.07, 6.45) is 4.83. The fourth-order valence-electron chi connectivity index (χ4n) is 2.63. The minimum atomic E-state index is -0.144. The molecule has 0 unspecified atom stereocenters. The van der Waals surface area contributed by atoms with Crippen molar-refractivity contribution in [2.45, 2.75) is 39.0 Å². The number of imide groups is 1. The van der Waals surface area contributed by atoms with Crippen molar-refractivity contribution >= 4 is 11.8 Å². The van der Waals surface area contributed by atoms with Crippen LogP contribution in [0.15, 0.2) is 18.2 Å². The molecular formula is C17H23NO3. The Labute approximate surface area is 126 Å². The largest absolute Gasteiger partial charge is 0.385 e. The molecule has 0 bridgehead atoms. The van der Waals surface area contributed by atoms with Gasteiger partial charge in [-0.15, -0.1) is 0 Å². The number of hydrogen-bond acceptors (Lipinski definition) is 3. The van der Waals surface area contributed by atoms with Gasteiger partial charge < -0.3 is 4.74 Å². The van der Waals surface area contributed by atoms with Crippen LogP contribution < -0.4 is 0 Å². The number of carbonyl (C=O) groups excluding carboxylic acids is 2. The van der Waals surface area contributed by atoms with E-state index in [0.717, 1.165) is 44.3 Å². The number of ether oxygens (including phenoxy) is 1. The molecule has 0 aromatic heterocycles. The molecule has 0 radical (unpaired) electrons. The van der Waals surface area contributed by atoms with Gasteiger partial charge >= 0.3 is 0 Å². The van der Waals surface area contributed by atoms with Crippen LogP contribution in [-0.4, -0.2) is 37.0 Å². The number of rotatable bonds is 8. The Morgan fingerprint density at radius 2 is 1.71 bits per heavy atom. The van der Waals surface area contributed by atoms with Gasteiger partial charge in [-0.05, 0) is 37.0 Å².